The van der Waals surface area contributed by atoms with Crippen LogP contribution in [0.3, 0.4) is 0 Å². The van der Waals surface area contributed by atoms with Gasteiger partial charge in [-0.3, -0.25) is 4.79 Å². The van der Waals surface area contributed by atoms with Gasteiger partial charge < -0.3 is 10.2 Å². The third kappa shape index (κ3) is 2.83. The maximum atomic E-state index is 11.8. The largest absolute Gasteiger partial charge is 0.342 e. The van der Waals surface area contributed by atoms with Gasteiger partial charge in [0.2, 0.25) is 5.91 Å². The third-order valence-corrected chi connectivity index (χ3v) is 4.07. The van der Waals surface area contributed by atoms with Gasteiger partial charge >= 0.3 is 0 Å². The number of thiophene rings is 1. The predicted octanol–water partition coefficient (Wildman–Crippen LogP) is 2.02. The zero-order valence-electron chi connectivity index (χ0n) is 9.77. The molecule has 1 amide bonds. The first kappa shape index (κ1) is 11.6. The number of likely N-dealkylation sites (N-methyl/N-ethyl adjacent to an activating group) is 1. The molecule has 1 saturated carbocycles. The van der Waals surface area contributed by atoms with Gasteiger partial charge in [-0.2, -0.15) is 0 Å². The summed E-state index contributed by atoms with van der Waals surface area (Å²) >= 11 is 1.72. The van der Waals surface area contributed by atoms with E-state index in [4.69, 9.17) is 0 Å². The highest BCUT2D eigenvalue weighted by Crippen LogP contribution is 2.25. The number of nitrogens with one attached hydrogen (secondary N) is 1. The zero-order valence-corrected chi connectivity index (χ0v) is 10.6. The van der Waals surface area contributed by atoms with E-state index in [1.54, 1.807) is 11.3 Å². The van der Waals surface area contributed by atoms with Gasteiger partial charge in [-0.1, -0.05) is 6.07 Å². The van der Waals surface area contributed by atoms with Crippen molar-refractivity contribution in [3.05, 3.63) is 22.4 Å². The number of carbonyl (C=O) groups excluding carboxylic acids is 1. The maximum absolute atomic E-state index is 11.8. The molecule has 16 heavy (non-hydrogen) atoms. The molecule has 1 aliphatic carbocycles. The highest BCUT2D eigenvalue weighted by atomic mass is 32.1. The molecule has 1 atom stereocenters. The number of nitrogens with zero attached hydrogens (tertiary/aromatic N) is 1. The van der Waals surface area contributed by atoms with Crippen LogP contribution in [0.25, 0.3) is 0 Å². The minimum absolute atomic E-state index is 0.200. The topological polar surface area (TPSA) is 32.3 Å². The molecule has 0 aliphatic heterocycles. The molecule has 88 valence electrons. The predicted molar refractivity (Wildman–Crippen MR) is 66.5 cm³/mol. The van der Waals surface area contributed by atoms with E-state index in [1.165, 1.54) is 17.7 Å². The molecule has 0 unspecified atom stereocenters. The summed E-state index contributed by atoms with van der Waals surface area (Å²) in [4.78, 5) is 14.9. The van der Waals surface area contributed by atoms with Crippen LogP contribution in [0, 0.1) is 0 Å². The van der Waals surface area contributed by atoms with Crippen LogP contribution >= 0.6 is 11.3 Å². The second kappa shape index (κ2) is 4.97. The molecule has 1 fully saturated rings. The Kier molecular flexibility index (Phi) is 3.61. The molecular weight excluding hydrogens is 220 g/mol. The average Bonchev–Trinajstić information content (AvgIpc) is 2.99. The third-order valence-electron chi connectivity index (χ3n) is 3.02. The molecular formula is C12H18N2OS. The summed E-state index contributed by atoms with van der Waals surface area (Å²) in [5, 5.41) is 5.33. The van der Waals surface area contributed by atoms with Crippen molar-refractivity contribution in [1.82, 2.24) is 10.2 Å². The fraction of sp³-hybridized carbons (Fsp3) is 0.583. The molecule has 1 aliphatic rings. The number of rotatable bonds is 5. The highest BCUT2D eigenvalue weighted by Gasteiger charge is 2.29. The fourth-order valence-electron chi connectivity index (χ4n) is 1.67. The van der Waals surface area contributed by atoms with Crippen LogP contribution in [0.15, 0.2) is 17.5 Å². The normalized spacial score (nSPS) is 17.1. The van der Waals surface area contributed by atoms with E-state index in [0.29, 0.717) is 12.6 Å². The summed E-state index contributed by atoms with van der Waals surface area (Å²) in [6.07, 6.45) is 2.34. The van der Waals surface area contributed by atoms with E-state index in [-0.39, 0.29) is 11.9 Å². The number of hydrogen-bond donors (Lipinski definition) is 1. The summed E-state index contributed by atoms with van der Waals surface area (Å²) in [7, 11) is 1.90. The Morgan fingerprint density at radius 2 is 2.44 bits per heavy atom. The van der Waals surface area contributed by atoms with Gasteiger partial charge in [0.25, 0.3) is 0 Å². The molecule has 0 spiro atoms. The molecule has 1 aromatic rings. The van der Waals surface area contributed by atoms with Crippen LogP contribution in [0.4, 0.5) is 0 Å². The lowest BCUT2D eigenvalue weighted by Crippen LogP contribution is -2.37. The highest BCUT2D eigenvalue weighted by molar-refractivity contribution is 7.10. The van der Waals surface area contributed by atoms with Gasteiger partial charge in [-0.05, 0) is 31.2 Å². The van der Waals surface area contributed by atoms with E-state index >= 15 is 0 Å². The Balaban J connectivity index is 1.76. The standard InChI is InChI=1S/C12H18N2OS/c1-9(11-4-3-7-16-11)13-8-12(15)14(2)10-5-6-10/h3-4,7,9-10,13H,5-6,8H2,1-2H3/t9-/m1/s1. The smallest absolute Gasteiger partial charge is 0.236 e. The summed E-state index contributed by atoms with van der Waals surface area (Å²) in [5.74, 6) is 0.200. The Morgan fingerprint density at radius 3 is 3.00 bits per heavy atom. The molecule has 2 rings (SSSR count). The van der Waals surface area contributed by atoms with Crippen LogP contribution < -0.4 is 5.32 Å². The number of hydrogen-bond acceptors (Lipinski definition) is 3. The van der Waals surface area contributed by atoms with Gasteiger partial charge in [-0.15, -0.1) is 11.3 Å². The molecule has 1 heterocycles. The number of amides is 1. The first-order chi connectivity index (χ1) is 7.68. The Morgan fingerprint density at radius 1 is 1.69 bits per heavy atom. The van der Waals surface area contributed by atoms with E-state index < -0.39 is 0 Å². The molecule has 1 aromatic heterocycles. The summed E-state index contributed by atoms with van der Waals surface area (Å²) in [5.41, 5.74) is 0. The van der Waals surface area contributed by atoms with Crippen LogP contribution in [0.2, 0.25) is 0 Å². The molecule has 4 heteroatoms. The van der Waals surface area contributed by atoms with Crippen molar-refractivity contribution >= 4 is 17.2 Å². The zero-order chi connectivity index (χ0) is 11.5. The van der Waals surface area contributed by atoms with Crippen LogP contribution in [0.5, 0.6) is 0 Å². The molecule has 0 bridgehead atoms. The summed E-state index contributed by atoms with van der Waals surface area (Å²) in [6.45, 7) is 2.53. The quantitative estimate of drug-likeness (QED) is 0.851. The molecule has 1 N–H and O–H groups in total. The maximum Gasteiger partial charge on any atom is 0.236 e. The van der Waals surface area contributed by atoms with E-state index in [9.17, 15) is 4.79 Å². The van der Waals surface area contributed by atoms with Gasteiger partial charge in [0.1, 0.15) is 0 Å². The van der Waals surface area contributed by atoms with Crippen molar-refractivity contribution in [3.8, 4) is 0 Å². The fourth-order valence-corrected chi connectivity index (χ4v) is 2.43. The minimum atomic E-state index is 0.200. The van der Waals surface area contributed by atoms with Crippen molar-refractivity contribution < 1.29 is 4.79 Å². The SMILES string of the molecule is C[C@@H](NCC(=O)N(C)C1CC1)c1cccs1. The van der Waals surface area contributed by atoms with Crippen molar-refractivity contribution in [2.45, 2.75) is 31.8 Å². The van der Waals surface area contributed by atoms with Crippen molar-refractivity contribution in [2.75, 3.05) is 13.6 Å². The van der Waals surface area contributed by atoms with Gasteiger partial charge in [0.05, 0.1) is 6.54 Å². The lowest BCUT2D eigenvalue weighted by molar-refractivity contribution is -0.129. The molecule has 0 saturated heterocycles. The Bertz CT molecular complexity index is 346. The van der Waals surface area contributed by atoms with Crippen molar-refractivity contribution in [1.29, 1.82) is 0 Å². The number of carbonyl (C=O) groups is 1. The van der Waals surface area contributed by atoms with E-state index in [1.807, 2.05) is 18.0 Å². The van der Waals surface area contributed by atoms with E-state index in [0.717, 1.165) is 0 Å². The average molecular weight is 238 g/mol. The summed E-state index contributed by atoms with van der Waals surface area (Å²) in [6, 6.07) is 4.90. The van der Waals surface area contributed by atoms with Crippen molar-refractivity contribution in [3.63, 3.8) is 0 Å². The molecule has 0 aromatic carbocycles. The first-order valence-corrected chi connectivity index (χ1v) is 6.59. The Labute approximate surface area is 100 Å². The van der Waals surface area contributed by atoms with Crippen molar-refractivity contribution in [2.24, 2.45) is 0 Å². The molecule has 0 radical (unpaired) electrons. The summed E-state index contributed by atoms with van der Waals surface area (Å²) < 4.78 is 0. The second-order valence-electron chi connectivity index (χ2n) is 4.35. The minimum Gasteiger partial charge on any atom is -0.342 e. The Hall–Kier alpha value is -0.870. The monoisotopic (exact) mass is 238 g/mol. The van der Waals surface area contributed by atoms with Gasteiger partial charge in [0.15, 0.2) is 0 Å². The van der Waals surface area contributed by atoms with Crippen LogP contribution in [-0.2, 0) is 4.79 Å². The van der Waals surface area contributed by atoms with Gasteiger partial charge in [-0.25, -0.2) is 0 Å². The lowest BCUT2D eigenvalue weighted by atomic mass is 10.3. The van der Waals surface area contributed by atoms with Gasteiger partial charge in [0, 0.05) is 24.0 Å². The van der Waals surface area contributed by atoms with Crippen LogP contribution in [-0.4, -0.2) is 30.4 Å². The van der Waals surface area contributed by atoms with E-state index in [2.05, 4.69) is 23.7 Å². The molecule has 3 nitrogen and oxygen atoms in total. The van der Waals surface area contributed by atoms with Crippen LogP contribution in [0.1, 0.15) is 30.7 Å². The lowest BCUT2D eigenvalue weighted by Gasteiger charge is -2.18. The second-order valence-corrected chi connectivity index (χ2v) is 5.33. The first-order valence-electron chi connectivity index (χ1n) is 5.71.